The van der Waals surface area contributed by atoms with Crippen molar-refractivity contribution < 1.29 is 24.2 Å². The van der Waals surface area contributed by atoms with Gasteiger partial charge in [0, 0.05) is 23.9 Å². The first-order valence-electron chi connectivity index (χ1n) is 12.4. The number of carbonyl (C=O) groups excluding carboxylic acids is 2. The number of alkyl carbamates (subject to hydrolysis) is 1. The number of benzene rings is 2. The Labute approximate surface area is 206 Å². The van der Waals surface area contributed by atoms with E-state index in [0.717, 1.165) is 30.4 Å². The van der Waals surface area contributed by atoms with E-state index in [0.29, 0.717) is 13.0 Å². The number of nitrogens with one attached hydrogen (secondary N) is 2. The molecule has 0 bridgehead atoms. The molecule has 7 heteroatoms. The van der Waals surface area contributed by atoms with E-state index in [9.17, 15) is 14.4 Å². The second-order valence-corrected chi connectivity index (χ2v) is 10.3. The number of carboxylic acid groups (broad SMARTS) is 1. The third kappa shape index (κ3) is 5.66. The lowest BCUT2D eigenvalue weighted by Gasteiger charge is -2.28. The predicted molar refractivity (Wildman–Crippen MR) is 133 cm³/mol. The Morgan fingerprint density at radius 1 is 1.00 bits per heavy atom. The Morgan fingerprint density at radius 2 is 1.63 bits per heavy atom. The van der Waals surface area contributed by atoms with Gasteiger partial charge in [0.25, 0.3) is 0 Å². The lowest BCUT2D eigenvalue weighted by atomic mass is 9.87. The highest BCUT2D eigenvalue weighted by Gasteiger charge is 2.35. The van der Waals surface area contributed by atoms with Gasteiger partial charge in [0.05, 0.1) is 6.42 Å². The Balaban J connectivity index is 1.25. The largest absolute Gasteiger partial charge is 0.481 e. The molecule has 2 amide bonds. The summed E-state index contributed by atoms with van der Waals surface area (Å²) in [6.45, 7) is 4.22. The van der Waals surface area contributed by atoms with E-state index in [1.54, 1.807) is 0 Å². The third-order valence-corrected chi connectivity index (χ3v) is 7.39. The molecule has 2 aromatic rings. The molecule has 0 aliphatic heterocycles. The molecule has 0 aromatic heterocycles. The molecule has 0 saturated heterocycles. The molecule has 2 aromatic carbocycles. The normalized spacial score (nSPS) is 19.0. The minimum absolute atomic E-state index is 0.000489. The summed E-state index contributed by atoms with van der Waals surface area (Å²) in [5.41, 5.74) is 3.97. The van der Waals surface area contributed by atoms with Crippen molar-refractivity contribution in [3.8, 4) is 11.1 Å². The van der Waals surface area contributed by atoms with Gasteiger partial charge in [-0.3, -0.25) is 9.59 Å². The summed E-state index contributed by atoms with van der Waals surface area (Å²) in [4.78, 5) is 36.4. The number of rotatable bonds is 9. The molecule has 186 valence electrons. The molecule has 1 fully saturated rings. The van der Waals surface area contributed by atoms with Crippen LogP contribution < -0.4 is 10.6 Å². The van der Waals surface area contributed by atoms with Crippen LogP contribution in [0, 0.1) is 11.3 Å². The Kier molecular flexibility index (Phi) is 7.43. The second-order valence-electron chi connectivity index (χ2n) is 10.3. The molecule has 0 radical (unpaired) electrons. The molecule has 0 unspecified atom stereocenters. The molecule has 2 aliphatic carbocycles. The smallest absolute Gasteiger partial charge is 0.407 e. The molecule has 1 saturated carbocycles. The van der Waals surface area contributed by atoms with Crippen molar-refractivity contribution in [2.24, 2.45) is 11.3 Å². The number of ether oxygens (including phenoxy) is 1. The first-order chi connectivity index (χ1) is 16.8. The molecular weight excluding hydrogens is 444 g/mol. The lowest BCUT2D eigenvalue weighted by molar-refractivity contribution is -0.139. The topological polar surface area (TPSA) is 105 Å². The van der Waals surface area contributed by atoms with E-state index >= 15 is 0 Å². The standard InChI is InChI=1S/C28H34N2O5/c1-28(2,26(33)30-24-13-7-8-18(24)16-25(31)32)14-15-29-27(34)35-17-23-21-11-5-3-9-19(21)20-10-4-6-12-22(20)23/h3-6,9-12,18,23-24H,7-8,13-17H2,1-2H3,(H,29,34)(H,30,33)(H,31,32)/t18-,24+/m0/s1. The highest BCUT2D eigenvalue weighted by molar-refractivity contribution is 5.82. The minimum atomic E-state index is -0.831. The number of fused-ring (bicyclic) bond motifs is 3. The van der Waals surface area contributed by atoms with Crippen molar-refractivity contribution in [3.05, 3.63) is 59.7 Å². The summed E-state index contributed by atoms with van der Waals surface area (Å²) >= 11 is 0. The maximum atomic E-state index is 12.9. The fraction of sp³-hybridized carbons (Fsp3) is 0.464. The second kappa shape index (κ2) is 10.5. The number of hydrogen-bond acceptors (Lipinski definition) is 4. The molecule has 4 rings (SSSR count). The van der Waals surface area contributed by atoms with E-state index < -0.39 is 17.5 Å². The summed E-state index contributed by atoms with van der Waals surface area (Å²) in [7, 11) is 0. The Morgan fingerprint density at radius 3 is 2.26 bits per heavy atom. The number of aliphatic carboxylic acids is 1. The summed E-state index contributed by atoms with van der Waals surface area (Å²) in [5.74, 6) is -0.969. The quantitative estimate of drug-likeness (QED) is 0.485. The van der Waals surface area contributed by atoms with Gasteiger partial charge < -0.3 is 20.5 Å². The molecule has 0 spiro atoms. The Hall–Kier alpha value is -3.35. The van der Waals surface area contributed by atoms with E-state index in [1.165, 1.54) is 11.1 Å². The molecule has 3 N–H and O–H groups in total. The van der Waals surface area contributed by atoms with Crippen LogP contribution in [0.2, 0.25) is 0 Å². The maximum Gasteiger partial charge on any atom is 0.407 e. The Bertz CT molecular complexity index is 1050. The monoisotopic (exact) mass is 478 g/mol. The first kappa shape index (κ1) is 24.8. The van der Waals surface area contributed by atoms with Gasteiger partial charge in [-0.1, -0.05) is 68.8 Å². The van der Waals surface area contributed by atoms with Gasteiger partial charge in [-0.25, -0.2) is 4.79 Å². The molecule has 35 heavy (non-hydrogen) atoms. The van der Waals surface area contributed by atoms with Crippen LogP contribution in [0.15, 0.2) is 48.5 Å². The fourth-order valence-corrected chi connectivity index (χ4v) is 5.30. The number of amides is 2. The van der Waals surface area contributed by atoms with Gasteiger partial charge in [0.15, 0.2) is 0 Å². The van der Waals surface area contributed by atoms with Crippen LogP contribution >= 0.6 is 0 Å². The van der Waals surface area contributed by atoms with Crippen molar-refractivity contribution in [2.45, 2.75) is 57.9 Å². The van der Waals surface area contributed by atoms with Gasteiger partial charge in [-0.2, -0.15) is 0 Å². The van der Waals surface area contributed by atoms with Gasteiger partial charge in [0.2, 0.25) is 5.91 Å². The van der Waals surface area contributed by atoms with Gasteiger partial charge >= 0.3 is 12.1 Å². The van der Waals surface area contributed by atoms with Crippen molar-refractivity contribution in [2.75, 3.05) is 13.2 Å². The number of carboxylic acids is 1. The highest BCUT2D eigenvalue weighted by Crippen LogP contribution is 2.44. The van der Waals surface area contributed by atoms with E-state index in [1.807, 2.05) is 38.1 Å². The van der Waals surface area contributed by atoms with Crippen molar-refractivity contribution >= 4 is 18.0 Å². The highest BCUT2D eigenvalue weighted by atomic mass is 16.5. The maximum absolute atomic E-state index is 12.9. The van der Waals surface area contributed by atoms with Crippen molar-refractivity contribution in [3.63, 3.8) is 0 Å². The van der Waals surface area contributed by atoms with Gasteiger partial charge in [0.1, 0.15) is 6.61 Å². The van der Waals surface area contributed by atoms with Crippen LogP contribution in [-0.2, 0) is 14.3 Å². The van der Waals surface area contributed by atoms with Crippen LogP contribution in [0.1, 0.15) is 63.0 Å². The first-order valence-corrected chi connectivity index (χ1v) is 12.4. The van der Waals surface area contributed by atoms with E-state index in [2.05, 4.69) is 34.9 Å². The molecule has 7 nitrogen and oxygen atoms in total. The summed E-state index contributed by atoms with van der Waals surface area (Å²) in [5, 5.41) is 14.9. The fourth-order valence-electron chi connectivity index (χ4n) is 5.30. The third-order valence-electron chi connectivity index (χ3n) is 7.39. The van der Waals surface area contributed by atoms with Crippen LogP contribution in [0.25, 0.3) is 11.1 Å². The average Bonchev–Trinajstić information content (AvgIpc) is 3.39. The van der Waals surface area contributed by atoms with Gasteiger partial charge in [-0.15, -0.1) is 0 Å². The van der Waals surface area contributed by atoms with E-state index in [4.69, 9.17) is 9.84 Å². The number of hydrogen-bond donors (Lipinski definition) is 3. The minimum Gasteiger partial charge on any atom is -0.481 e. The van der Waals surface area contributed by atoms with E-state index in [-0.39, 0.29) is 36.8 Å². The zero-order valence-electron chi connectivity index (χ0n) is 20.4. The molecule has 2 aliphatic rings. The zero-order chi connectivity index (χ0) is 25.0. The summed E-state index contributed by atoms with van der Waals surface area (Å²) in [6, 6.07) is 16.3. The van der Waals surface area contributed by atoms with Crippen LogP contribution in [0.3, 0.4) is 0 Å². The lowest BCUT2D eigenvalue weighted by Crippen LogP contribution is -2.45. The van der Waals surface area contributed by atoms with Gasteiger partial charge in [-0.05, 0) is 47.4 Å². The van der Waals surface area contributed by atoms with Crippen LogP contribution in [-0.4, -0.2) is 42.3 Å². The summed E-state index contributed by atoms with van der Waals surface area (Å²) < 4.78 is 5.57. The summed E-state index contributed by atoms with van der Waals surface area (Å²) in [6.07, 6.45) is 2.57. The molecule has 2 atom stereocenters. The average molecular weight is 479 g/mol. The molecule has 0 heterocycles. The predicted octanol–water partition coefficient (Wildman–Crippen LogP) is 4.70. The number of carbonyl (C=O) groups is 3. The van der Waals surface area contributed by atoms with Crippen LogP contribution in [0.4, 0.5) is 4.79 Å². The van der Waals surface area contributed by atoms with Crippen LogP contribution in [0.5, 0.6) is 0 Å². The van der Waals surface area contributed by atoms with Crippen molar-refractivity contribution in [1.82, 2.24) is 10.6 Å². The van der Waals surface area contributed by atoms with Crippen molar-refractivity contribution in [1.29, 1.82) is 0 Å². The SMILES string of the molecule is CC(C)(CCNC(=O)OCC1c2ccccc2-c2ccccc21)C(=O)N[C@@H]1CCC[C@H]1CC(=O)O. The zero-order valence-corrected chi connectivity index (χ0v) is 20.4. The molecular formula is C28H34N2O5.